The van der Waals surface area contributed by atoms with Gasteiger partial charge in [0.2, 0.25) is 5.91 Å². The Kier molecular flexibility index (Phi) is 5.64. The summed E-state index contributed by atoms with van der Waals surface area (Å²) in [6.45, 7) is 6.92. The summed E-state index contributed by atoms with van der Waals surface area (Å²) in [5.74, 6) is -1.45. The van der Waals surface area contributed by atoms with E-state index in [1.165, 1.54) is 5.69 Å². The van der Waals surface area contributed by atoms with Crippen molar-refractivity contribution in [3.8, 4) is 0 Å². The summed E-state index contributed by atoms with van der Waals surface area (Å²) < 4.78 is 0. The van der Waals surface area contributed by atoms with Crippen molar-refractivity contribution >= 4 is 28.9 Å². The molecule has 2 aromatic rings. The molecule has 142 valence electrons. The first-order valence-electron chi connectivity index (χ1n) is 9.19. The van der Waals surface area contributed by atoms with Crippen LogP contribution in [-0.2, 0) is 4.79 Å². The van der Waals surface area contributed by atoms with E-state index >= 15 is 0 Å². The molecule has 6 heteroatoms. The molecule has 0 bridgehead atoms. The van der Waals surface area contributed by atoms with Crippen LogP contribution in [-0.4, -0.2) is 43.2 Å². The van der Waals surface area contributed by atoms with Crippen LogP contribution < -0.4 is 15.1 Å². The monoisotopic (exact) mass is 367 g/mol. The predicted octanol–water partition coefficient (Wildman–Crippen LogP) is 3.31. The lowest BCUT2D eigenvalue weighted by atomic mass is 10.1. The Morgan fingerprint density at radius 2 is 1.52 bits per heavy atom. The molecule has 1 saturated heterocycles. The molecule has 0 aliphatic carbocycles. The van der Waals surface area contributed by atoms with Crippen LogP contribution in [0.5, 0.6) is 0 Å². The molecule has 1 aliphatic rings. The number of hydrogen-bond acceptors (Lipinski definition) is 4. The largest absolute Gasteiger partial charge is 0.478 e. The van der Waals surface area contributed by atoms with Crippen LogP contribution in [0, 0.1) is 5.92 Å². The third-order valence-electron chi connectivity index (χ3n) is 4.78. The minimum absolute atomic E-state index is 0.118. The fourth-order valence-electron chi connectivity index (χ4n) is 3.15. The number of para-hydroxylation sites is 1. The lowest BCUT2D eigenvalue weighted by Gasteiger charge is -2.37. The summed E-state index contributed by atoms with van der Waals surface area (Å²) in [7, 11) is 0. The van der Waals surface area contributed by atoms with E-state index in [2.05, 4.69) is 27.2 Å². The number of carbonyl (C=O) groups excluding carboxylic acids is 1. The van der Waals surface area contributed by atoms with Gasteiger partial charge in [-0.2, -0.15) is 0 Å². The van der Waals surface area contributed by atoms with Crippen LogP contribution in [0.25, 0.3) is 0 Å². The molecule has 27 heavy (non-hydrogen) atoms. The summed E-state index contributed by atoms with van der Waals surface area (Å²) in [6, 6.07) is 15.5. The van der Waals surface area contributed by atoms with Gasteiger partial charge in [-0.25, -0.2) is 4.79 Å². The number of piperazine rings is 1. The van der Waals surface area contributed by atoms with E-state index in [0.29, 0.717) is 5.69 Å². The van der Waals surface area contributed by atoms with Crippen LogP contribution >= 0.6 is 0 Å². The lowest BCUT2D eigenvalue weighted by molar-refractivity contribution is -0.118. The zero-order chi connectivity index (χ0) is 19.4. The number of carboxylic acid groups (broad SMARTS) is 1. The van der Waals surface area contributed by atoms with Gasteiger partial charge in [-0.1, -0.05) is 32.0 Å². The summed E-state index contributed by atoms with van der Waals surface area (Å²) in [6.07, 6.45) is 0. The summed E-state index contributed by atoms with van der Waals surface area (Å²) in [5, 5.41) is 12.3. The quantitative estimate of drug-likeness (QED) is 0.848. The number of anilines is 3. The van der Waals surface area contributed by atoms with Gasteiger partial charge >= 0.3 is 5.97 Å². The molecule has 0 unspecified atom stereocenters. The van der Waals surface area contributed by atoms with E-state index in [9.17, 15) is 14.7 Å². The average molecular weight is 367 g/mol. The maximum atomic E-state index is 11.9. The van der Waals surface area contributed by atoms with Gasteiger partial charge in [-0.15, -0.1) is 0 Å². The summed E-state index contributed by atoms with van der Waals surface area (Å²) in [5.41, 5.74) is 2.53. The van der Waals surface area contributed by atoms with Gasteiger partial charge in [-0.3, -0.25) is 4.79 Å². The Hall–Kier alpha value is -3.02. The minimum Gasteiger partial charge on any atom is -0.478 e. The minimum atomic E-state index is -1.04. The van der Waals surface area contributed by atoms with Crippen molar-refractivity contribution in [2.45, 2.75) is 13.8 Å². The van der Waals surface area contributed by atoms with Gasteiger partial charge < -0.3 is 20.2 Å². The fraction of sp³-hybridized carbons (Fsp3) is 0.333. The Labute approximate surface area is 159 Å². The first-order chi connectivity index (χ1) is 13.0. The zero-order valence-corrected chi connectivity index (χ0v) is 15.7. The van der Waals surface area contributed by atoms with Crippen LogP contribution in [0.2, 0.25) is 0 Å². The standard InChI is InChI=1S/C21H25N3O3/c1-15(2)20(25)22-19-9-8-17(14-18(19)21(26)27)24-12-10-23(11-13-24)16-6-4-3-5-7-16/h3-9,14-15H,10-13H2,1-2H3,(H,22,25)(H,26,27). The number of amides is 1. The van der Waals surface area contributed by atoms with E-state index < -0.39 is 5.97 Å². The highest BCUT2D eigenvalue weighted by atomic mass is 16.4. The molecule has 0 aromatic heterocycles. The van der Waals surface area contributed by atoms with Crippen LogP contribution in [0.1, 0.15) is 24.2 Å². The number of nitrogens with one attached hydrogen (secondary N) is 1. The number of carboxylic acids is 1. The highest BCUT2D eigenvalue weighted by molar-refractivity contribution is 6.01. The number of hydrogen-bond donors (Lipinski definition) is 2. The van der Waals surface area contributed by atoms with Crippen molar-refractivity contribution in [3.05, 3.63) is 54.1 Å². The first kappa shape index (κ1) is 18.8. The predicted molar refractivity (Wildman–Crippen MR) is 108 cm³/mol. The number of rotatable bonds is 5. The Morgan fingerprint density at radius 3 is 2.07 bits per heavy atom. The highest BCUT2D eigenvalue weighted by Gasteiger charge is 2.20. The third kappa shape index (κ3) is 4.39. The van der Waals surface area contributed by atoms with E-state index in [-0.39, 0.29) is 17.4 Å². The maximum absolute atomic E-state index is 11.9. The number of benzene rings is 2. The van der Waals surface area contributed by atoms with Crippen molar-refractivity contribution in [2.24, 2.45) is 5.92 Å². The smallest absolute Gasteiger partial charge is 0.337 e. The van der Waals surface area contributed by atoms with Gasteiger partial charge in [0.1, 0.15) is 0 Å². The Balaban J connectivity index is 1.73. The normalized spacial score (nSPS) is 14.3. The van der Waals surface area contributed by atoms with E-state index in [4.69, 9.17) is 0 Å². The van der Waals surface area contributed by atoms with Gasteiger partial charge in [-0.05, 0) is 30.3 Å². The molecular formula is C21H25N3O3. The summed E-state index contributed by atoms with van der Waals surface area (Å²) in [4.78, 5) is 28.1. The number of nitrogens with zero attached hydrogens (tertiary/aromatic N) is 2. The molecule has 0 spiro atoms. The molecule has 2 aromatic carbocycles. The molecule has 1 heterocycles. The van der Waals surface area contributed by atoms with Crippen molar-refractivity contribution in [1.29, 1.82) is 0 Å². The zero-order valence-electron chi connectivity index (χ0n) is 15.7. The molecule has 0 atom stereocenters. The Bertz CT molecular complexity index is 813. The topological polar surface area (TPSA) is 72.9 Å². The second kappa shape index (κ2) is 8.12. The van der Waals surface area contributed by atoms with Gasteiger partial charge in [0, 0.05) is 43.5 Å². The third-order valence-corrected chi connectivity index (χ3v) is 4.78. The first-order valence-corrected chi connectivity index (χ1v) is 9.19. The molecule has 0 saturated carbocycles. The van der Waals surface area contributed by atoms with Crippen molar-refractivity contribution in [1.82, 2.24) is 0 Å². The van der Waals surface area contributed by atoms with Gasteiger partial charge in [0.15, 0.2) is 0 Å². The fourth-order valence-corrected chi connectivity index (χ4v) is 3.15. The number of aromatic carboxylic acids is 1. The molecular weight excluding hydrogens is 342 g/mol. The van der Waals surface area contributed by atoms with E-state index in [1.54, 1.807) is 26.0 Å². The highest BCUT2D eigenvalue weighted by Crippen LogP contribution is 2.26. The molecule has 6 nitrogen and oxygen atoms in total. The summed E-state index contributed by atoms with van der Waals surface area (Å²) >= 11 is 0. The second-order valence-corrected chi connectivity index (χ2v) is 6.99. The van der Waals surface area contributed by atoms with Crippen LogP contribution in [0.3, 0.4) is 0 Å². The van der Waals surface area contributed by atoms with E-state index in [0.717, 1.165) is 31.9 Å². The van der Waals surface area contributed by atoms with Crippen LogP contribution in [0.15, 0.2) is 48.5 Å². The molecule has 3 rings (SSSR count). The van der Waals surface area contributed by atoms with Crippen LogP contribution in [0.4, 0.5) is 17.1 Å². The average Bonchev–Trinajstić information content (AvgIpc) is 2.69. The van der Waals surface area contributed by atoms with Crippen molar-refractivity contribution < 1.29 is 14.7 Å². The Morgan fingerprint density at radius 1 is 0.926 bits per heavy atom. The molecule has 1 aliphatic heterocycles. The van der Waals surface area contributed by atoms with E-state index in [1.807, 2.05) is 24.3 Å². The van der Waals surface area contributed by atoms with Crippen molar-refractivity contribution in [3.63, 3.8) is 0 Å². The molecule has 0 radical (unpaired) electrons. The SMILES string of the molecule is CC(C)C(=O)Nc1ccc(N2CCN(c3ccccc3)CC2)cc1C(=O)O. The van der Waals surface area contributed by atoms with Gasteiger partial charge in [0.25, 0.3) is 0 Å². The van der Waals surface area contributed by atoms with Crippen molar-refractivity contribution in [2.75, 3.05) is 41.3 Å². The van der Waals surface area contributed by atoms with Gasteiger partial charge in [0.05, 0.1) is 11.3 Å². The number of carbonyl (C=O) groups is 2. The molecule has 1 fully saturated rings. The maximum Gasteiger partial charge on any atom is 0.337 e. The molecule has 2 N–H and O–H groups in total. The molecule has 1 amide bonds. The second-order valence-electron chi connectivity index (χ2n) is 6.99. The lowest BCUT2D eigenvalue weighted by Crippen LogP contribution is -2.46.